The van der Waals surface area contributed by atoms with Gasteiger partial charge in [0.25, 0.3) is 11.1 Å². The molecule has 1 aromatic heterocycles. The Morgan fingerprint density at radius 2 is 1.76 bits per heavy atom. The van der Waals surface area contributed by atoms with Crippen molar-refractivity contribution in [2.75, 3.05) is 10.7 Å². The highest BCUT2D eigenvalue weighted by molar-refractivity contribution is 8.00. The number of aromatic nitrogens is 2. The maximum atomic E-state index is 13.2. The molecule has 33 heavy (non-hydrogen) atoms. The maximum absolute atomic E-state index is 13.2. The van der Waals surface area contributed by atoms with Crippen LogP contribution in [-0.2, 0) is 11.4 Å². The number of carbonyl (C=O) groups excluding carboxylic acids is 1. The molecule has 0 N–H and O–H groups in total. The minimum atomic E-state index is -0.0620. The van der Waals surface area contributed by atoms with Gasteiger partial charge in [-0.2, -0.15) is 0 Å². The molecule has 5 rings (SSSR count). The second kappa shape index (κ2) is 9.51. The van der Waals surface area contributed by atoms with Crippen LogP contribution in [0.15, 0.2) is 86.2 Å². The van der Waals surface area contributed by atoms with Crippen LogP contribution < -0.4 is 9.64 Å². The summed E-state index contributed by atoms with van der Waals surface area (Å²) in [6.07, 6.45) is 0. The number of hydrogen-bond donors (Lipinski definition) is 0. The highest BCUT2D eigenvalue weighted by Crippen LogP contribution is 2.48. The zero-order valence-electron chi connectivity index (χ0n) is 17.5. The van der Waals surface area contributed by atoms with E-state index in [0.29, 0.717) is 21.9 Å². The number of ether oxygens (including phenoxy) is 1. The lowest BCUT2D eigenvalue weighted by molar-refractivity contribution is -0.115. The zero-order valence-corrected chi connectivity index (χ0v) is 19.9. The van der Waals surface area contributed by atoms with Gasteiger partial charge in [-0.05, 0) is 55.0 Å². The number of hydrogen-bond acceptors (Lipinski definition) is 7. The maximum Gasteiger partial charge on any atom is 0.277 e. The third-order valence-corrected chi connectivity index (χ3v) is 7.11. The number of anilines is 2. The third-order valence-electron chi connectivity index (χ3n) is 4.94. The molecule has 0 unspecified atom stereocenters. The molecule has 4 aromatic rings. The lowest BCUT2D eigenvalue weighted by atomic mass is 10.2. The van der Waals surface area contributed by atoms with E-state index >= 15 is 0 Å². The van der Waals surface area contributed by atoms with E-state index in [4.69, 9.17) is 20.8 Å². The van der Waals surface area contributed by atoms with E-state index < -0.39 is 0 Å². The van der Waals surface area contributed by atoms with Gasteiger partial charge in [-0.25, -0.2) is 0 Å². The summed E-state index contributed by atoms with van der Waals surface area (Å²) in [6.45, 7) is 2.05. The van der Waals surface area contributed by atoms with Crippen LogP contribution in [0.5, 0.6) is 5.75 Å². The smallest absolute Gasteiger partial charge is 0.277 e. The van der Waals surface area contributed by atoms with Crippen LogP contribution in [0, 0.1) is 6.92 Å². The molecular weight excluding hydrogens is 478 g/mol. The predicted molar refractivity (Wildman–Crippen MR) is 130 cm³/mol. The molecule has 0 radical (unpaired) electrons. The Morgan fingerprint density at radius 3 is 2.45 bits per heavy atom. The van der Waals surface area contributed by atoms with Crippen molar-refractivity contribution in [1.29, 1.82) is 0 Å². The van der Waals surface area contributed by atoms with Crippen molar-refractivity contribution in [3.63, 3.8) is 0 Å². The van der Waals surface area contributed by atoms with Gasteiger partial charge in [0.05, 0.1) is 17.1 Å². The summed E-state index contributed by atoms with van der Waals surface area (Å²) in [5.74, 6) is 1.13. The van der Waals surface area contributed by atoms with Gasteiger partial charge >= 0.3 is 0 Å². The van der Waals surface area contributed by atoms with Crippen LogP contribution >= 0.6 is 35.1 Å². The van der Waals surface area contributed by atoms with Crippen LogP contribution in [0.25, 0.3) is 0 Å². The summed E-state index contributed by atoms with van der Waals surface area (Å²) in [5, 5.41) is 9.04. The number of halogens is 1. The molecule has 2 heterocycles. The van der Waals surface area contributed by atoms with Crippen molar-refractivity contribution < 1.29 is 13.9 Å². The van der Waals surface area contributed by atoms with Crippen molar-refractivity contribution >= 4 is 52.4 Å². The number of benzene rings is 3. The standard InChI is InChI=1S/C24H18ClN3O3S2/c1-15-12-16(25)10-11-19(15)30-13-22-26-27-24(31-22)32-14-23(29)28-17-6-2-4-8-20(17)33-21-9-5-3-7-18(21)28/h2-12H,13-14H2,1H3. The molecule has 1 aliphatic rings. The molecule has 0 spiro atoms. The fourth-order valence-corrected chi connectivity index (χ4v) is 5.34. The van der Waals surface area contributed by atoms with E-state index in [1.807, 2.05) is 61.5 Å². The number of fused-ring (bicyclic) bond motifs is 2. The molecule has 6 nitrogen and oxygen atoms in total. The largest absolute Gasteiger partial charge is 0.484 e. The number of thioether (sulfide) groups is 1. The first-order valence-electron chi connectivity index (χ1n) is 10.1. The van der Waals surface area contributed by atoms with E-state index in [9.17, 15) is 4.79 Å². The Morgan fingerprint density at radius 1 is 1.06 bits per heavy atom. The second-order valence-electron chi connectivity index (χ2n) is 7.22. The Bertz CT molecular complexity index is 1280. The van der Waals surface area contributed by atoms with E-state index in [1.165, 1.54) is 11.8 Å². The lowest BCUT2D eigenvalue weighted by Crippen LogP contribution is -2.29. The Kier molecular flexibility index (Phi) is 6.30. The Balaban J connectivity index is 1.26. The highest BCUT2D eigenvalue weighted by Gasteiger charge is 2.28. The molecule has 1 aliphatic heterocycles. The Labute approximate surface area is 204 Å². The van der Waals surface area contributed by atoms with Gasteiger partial charge in [-0.3, -0.25) is 9.69 Å². The van der Waals surface area contributed by atoms with Crippen LogP contribution in [0.4, 0.5) is 11.4 Å². The zero-order chi connectivity index (χ0) is 22.8. The van der Waals surface area contributed by atoms with Crippen LogP contribution in [-0.4, -0.2) is 21.9 Å². The molecule has 3 aromatic carbocycles. The van der Waals surface area contributed by atoms with Gasteiger partial charge in [-0.15, -0.1) is 10.2 Å². The number of amides is 1. The number of carbonyl (C=O) groups is 1. The number of nitrogens with zero attached hydrogens (tertiary/aromatic N) is 3. The Hall–Kier alpha value is -2.94. The fraction of sp³-hybridized carbons (Fsp3) is 0.125. The van der Waals surface area contributed by atoms with E-state index in [1.54, 1.807) is 28.8 Å². The number of para-hydroxylation sites is 2. The summed E-state index contributed by atoms with van der Waals surface area (Å²) in [5.41, 5.74) is 2.68. The van der Waals surface area contributed by atoms with Crippen LogP contribution in [0.2, 0.25) is 5.02 Å². The second-order valence-corrected chi connectivity index (χ2v) is 9.66. The molecule has 0 atom stereocenters. The molecule has 166 valence electrons. The first-order valence-corrected chi connectivity index (χ1v) is 12.3. The van der Waals surface area contributed by atoms with Gasteiger partial charge in [0.1, 0.15) is 5.75 Å². The molecule has 1 amide bonds. The van der Waals surface area contributed by atoms with Crippen LogP contribution in [0.1, 0.15) is 11.5 Å². The van der Waals surface area contributed by atoms with Gasteiger partial charge < -0.3 is 9.15 Å². The highest BCUT2D eigenvalue weighted by atomic mass is 35.5. The predicted octanol–water partition coefficient (Wildman–Crippen LogP) is 6.53. The average molecular weight is 496 g/mol. The minimum Gasteiger partial charge on any atom is -0.484 e. The van der Waals surface area contributed by atoms with E-state index in [2.05, 4.69) is 10.2 Å². The van der Waals surface area contributed by atoms with Crippen LogP contribution in [0.3, 0.4) is 0 Å². The summed E-state index contributed by atoms with van der Waals surface area (Å²) < 4.78 is 11.4. The topological polar surface area (TPSA) is 68.5 Å². The fourth-order valence-electron chi connectivity index (χ4n) is 3.43. The van der Waals surface area contributed by atoms with Crippen molar-refractivity contribution in [2.45, 2.75) is 28.5 Å². The minimum absolute atomic E-state index is 0.0620. The quantitative estimate of drug-likeness (QED) is 0.281. The number of rotatable bonds is 6. The van der Waals surface area contributed by atoms with E-state index in [-0.39, 0.29) is 18.3 Å². The molecular formula is C24H18ClN3O3S2. The summed E-state index contributed by atoms with van der Waals surface area (Å²) in [4.78, 5) is 17.1. The third kappa shape index (κ3) is 4.73. The van der Waals surface area contributed by atoms with Crippen molar-refractivity contribution in [3.8, 4) is 5.75 Å². The van der Waals surface area contributed by atoms with Crippen molar-refractivity contribution in [1.82, 2.24) is 10.2 Å². The monoisotopic (exact) mass is 495 g/mol. The first kappa shape index (κ1) is 21.9. The molecule has 0 saturated heterocycles. The molecule has 0 fully saturated rings. The first-order chi connectivity index (χ1) is 16.1. The normalized spacial score (nSPS) is 12.2. The van der Waals surface area contributed by atoms with Crippen molar-refractivity contribution in [2.24, 2.45) is 0 Å². The van der Waals surface area contributed by atoms with Crippen molar-refractivity contribution in [3.05, 3.63) is 83.2 Å². The van der Waals surface area contributed by atoms with E-state index in [0.717, 1.165) is 26.7 Å². The van der Waals surface area contributed by atoms with Gasteiger partial charge in [0, 0.05) is 14.8 Å². The molecule has 0 saturated carbocycles. The summed E-state index contributed by atoms with van der Waals surface area (Å²) in [6, 6.07) is 21.2. The lowest BCUT2D eigenvalue weighted by Gasteiger charge is -2.30. The average Bonchev–Trinajstić information content (AvgIpc) is 3.28. The molecule has 9 heteroatoms. The van der Waals surface area contributed by atoms with Gasteiger partial charge in [0.15, 0.2) is 6.61 Å². The van der Waals surface area contributed by atoms with Gasteiger partial charge in [0.2, 0.25) is 5.91 Å². The summed E-state index contributed by atoms with van der Waals surface area (Å²) in [7, 11) is 0. The molecule has 0 bridgehead atoms. The summed E-state index contributed by atoms with van der Waals surface area (Å²) >= 11 is 8.85. The number of aryl methyl sites for hydroxylation is 1. The van der Waals surface area contributed by atoms with Gasteiger partial charge in [-0.1, -0.05) is 59.4 Å². The molecule has 0 aliphatic carbocycles. The SMILES string of the molecule is Cc1cc(Cl)ccc1OCc1nnc(SCC(=O)N2c3ccccc3Sc3ccccc32)o1.